The smallest absolute Gasteiger partial charge is 0.171 e. The minimum absolute atomic E-state index is 0.166. The molecule has 0 radical (unpaired) electrons. The van der Waals surface area contributed by atoms with E-state index in [9.17, 15) is 9.59 Å². The number of carbonyl (C=O) groups excluding carboxylic acids is 2. The second-order valence-electron chi connectivity index (χ2n) is 12.8. The highest BCUT2D eigenvalue weighted by Gasteiger charge is 2.71. The highest BCUT2D eigenvalue weighted by atomic mass is 16.7. The summed E-state index contributed by atoms with van der Waals surface area (Å²) in [5.74, 6) is 3.63. The zero-order valence-electron chi connectivity index (χ0n) is 19.8. The van der Waals surface area contributed by atoms with E-state index in [0.29, 0.717) is 41.2 Å². The molecule has 4 saturated carbocycles. The van der Waals surface area contributed by atoms with Gasteiger partial charge in [0.2, 0.25) is 0 Å². The summed E-state index contributed by atoms with van der Waals surface area (Å²) in [5, 5.41) is 0. The molecular formula is C27H40O4. The normalized spacial score (nSPS) is 58.6. The number of hydrogen-bond acceptors (Lipinski definition) is 4. The number of Topliss-reactive ketones (excluding diaryl/α,β-unsaturated/α-hetero) is 2. The van der Waals surface area contributed by atoms with Gasteiger partial charge in [0.1, 0.15) is 11.6 Å². The lowest BCUT2D eigenvalue weighted by atomic mass is 9.44. The highest BCUT2D eigenvalue weighted by molar-refractivity contribution is 5.87. The van der Waals surface area contributed by atoms with Crippen LogP contribution in [-0.2, 0) is 19.1 Å². The summed E-state index contributed by atoms with van der Waals surface area (Å²) in [4.78, 5) is 26.1. The van der Waals surface area contributed by atoms with Crippen molar-refractivity contribution in [2.75, 3.05) is 6.61 Å². The summed E-state index contributed by atoms with van der Waals surface area (Å²) in [6, 6.07) is 0. The van der Waals surface area contributed by atoms with E-state index in [1.54, 1.807) is 0 Å². The molecular weight excluding hydrogens is 388 g/mol. The molecule has 0 aromatic rings. The second-order valence-corrected chi connectivity index (χ2v) is 12.8. The molecule has 0 aromatic carbocycles. The Morgan fingerprint density at radius 2 is 1.77 bits per heavy atom. The Bertz CT molecular complexity index is 797. The minimum atomic E-state index is -0.458. The number of ketones is 2. The Morgan fingerprint density at radius 1 is 0.968 bits per heavy atom. The van der Waals surface area contributed by atoms with Crippen LogP contribution in [0.5, 0.6) is 0 Å². The predicted octanol–water partition coefficient (Wildman–Crippen LogP) is 5.18. The van der Waals surface area contributed by atoms with Crippen molar-refractivity contribution >= 4 is 11.6 Å². The molecule has 6 rings (SSSR count). The van der Waals surface area contributed by atoms with Crippen LogP contribution in [0.25, 0.3) is 0 Å². The van der Waals surface area contributed by atoms with Crippen molar-refractivity contribution in [1.82, 2.24) is 0 Å². The number of ether oxygens (including phenoxy) is 2. The molecule has 0 amide bonds. The van der Waals surface area contributed by atoms with Crippen LogP contribution in [-0.4, -0.2) is 30.1 Å². The fourth-order valence-electron chi connectivity index (χ4n) is 9.74. The molecule has 11 atom stereocenters. The third-order valence-corrected chi connectivity index (χ3v) is 11.6. The molecule has 31 heavy (non-hydrogen) atoms. The Labute approximate surface area is 187 Å². The largest absolute Gasteiger partial charge is 0.349 e. The van der Waals surface area contributed by atoms with Crippen LogP contribution >= 0.6 is 0 Å². The average molecular weight is 429 g/mol. The molecule has 172 valence electrons. The van der Waals surface area contributed by atoms with Crippen molar-refractivity contribution in [3.8, 4) is 0 Å². The van der Waals surface area contributed by atoms with Crippen molar-refractivity contribution in [1.29, 1.82) is 0 Å². The van der Waals surface area contributed by atoms with E-state index in [-0.39, 0.29) is 28.8 Å². The van der Waals surface area contributed by atoms with Crippen molar-refractivity contribution in [3.05, 3.63) is 0 Å². The maximum atomic E-state index is 14.0. The number of rotatable bonds is 0. The van der Waals surface area contributed by atoms with Crippen molar-refractivity contribution in [3.63, 3.8) is 0 Å². The lowest BCUT2D eigenvalue weighted by Crippen LogP contribution is -2.58. The number of carbonyl (C=O) groups is 2. The highest BCUT2D eigenvalue weighted by Crippen LogP contribution is 2.70. The van der Waals surface area contributed by atoms with E-state index in [2.05, 4.69) is 27.7 Å². The van der Waals surface area contributed by atoms with Crippen LogP contribution in [0.4, 0.5) is 0 Å². The van der Waals surface area contributed by atoms with Gasteiger partial charge in [-0.15, -0.1) is 0 Å². The maximum Gasteiger partial charge on any atom is 0.171 e. The van der Waals surface area contributed by atoms with Gasteiger partial charge in [-0.1, -0.05) is 27.7 Å². The van der Waals surface area contributed by atoms with Gasteiger partial charge in [0.15, 0.2) is 5.79 Å². The van der Waals surface area contributed by atoms with Gasteiger partial charge in [0.25, 0.3) is 0 Å². The number of hydrogen-bond donors (Lipinski definition) is 0. The molecule has 4 aliphatic carbocycles. The van der Waals surface area contributed by atoms with Crippen LogP contribution in [0.3, 0.4) is 0 Å². The van der Waals surface area contributed by atoms with E-state index in [0.717, 1.165) is 51.6 Å². The Morgan fingerprint density at radius 3 is 2.52 bits per heavy atom. The van der Waals surface area contributed by atoms with Gasteiger partial charge in [0, 0.05) is 42.9 Å². The topological polar surface area (TPSA) is 52.6 Å². The second kappa shape index (κ2) is 6.65. The molecule has 0 bridgehead atoms. The fourth-order valence-corrected chi connectivity index (χ4v) is 9.74. The van der Waals surface area contributed by atoms with Gasteiger partial charge >= 0.3 is 0 Å². The zero-order valence-corrected chi connectivity index (χ0v) is 19.8. The third-order valence-electron chi connectivity index (χ3n) is 11.6. The predicted molar refractivity (Wildman–Crippen MR) is 117 cm³/mol. The van der Waals surface area contributed by atoms with Gasteiger partial charge in [-0.3, -0.25) is 9.59 Å². The molecule has 4 nitrogen and oxygen atoms in total. The molecule has 2 saturated heterocycles. The van der Waals surface area contributed by atoms with Gasteiger partial charge in [-0.05, 0) is 67.1 Å². The van der Waals surface area contributed by atoms with E-state index >= 15 is 0 Å². The molecule has 0 aromatic heterocycles. The van der Waals surface area contributed by atoms with Crippen molar-refractivity contribution in [2.24, 2.45) is 52.3 Å². The third kappa shape index (κ3) is 2.61. The first-order chi connectivity index (χ1) is 14.7. The quantitative estimate of drug-likeness (QED) is 0.533. The Balaban J connectivity index is 1.31. The first-order valence-corrected chi connectivity index (χ1v) is 13.1. The van der Waals surface area contributed by atoms with Gasteiger partial charge in [-0.2, -0.15) is 0 Å². The molecule has 4 heteroatoms. The first kappa shape index (κ1) is 20.8. The summed E-state index contributed by atoms with van der Waals surface area (Å²) in [5.41, 5.74) is -0.101. The minimum Gasteiger partial charge on any atom is -0.349 e. The van der Waals surface area contributed by atoms with Gasteiger partial charge in [-0.25, -0.2) is 0 Å². The maximum absolute atomic E-state index is 14.0. The van der Waals surface area contributed by atoms with Crippen molar-refractivity contribution < 1.29 is 19.1 Å². The summed E-state index contributed by atoms with van der Waals surface area (Å²) in [7, 11) is 0. The summed E-state index contributed by atoms with van der Waals surface area (Å²) < 4.78 is 13.2. The molecule has 2 heterocycles. The summed E-state index contributed by atoms with van der Waals surface area (Å²) in [6.07, 6.45) is 8.86. The average Bonchev–Trinajstić information content (AvgIpc) is 3.18. The van der Waals surface area contributed by atoms with Crippen molar-refractivity contribution in [2.45, 2.75) is 97.4 Å². The lowest BCUT2D eigenvalue weighted by Gasteiger charge is -2.59. The van der Waals surface area contributed by atoms with E-state index in [4.69, 9.17) is 9.47 Å². The molecule has 0 N–H and O–H groups in total. The van der Waals surface area contributed by atoms with Crippen LogP contribution in [0.2, 0.25) is 0 Å². The van der Waals surface area contributed by atoms with Gasteiger partial charge < -0.3 is 9.47 Å². The monoisotopic (exact) mass is 428 g/mol. The SMILES string of the molecule is C[C@@H]1CC[C@@]2(OC1)O[C@H]1C[C@H]3[C@@H]4CC[C@@H]5CC(=O)CC[C@]5(C)[C@H]4CC(=O)[C@]3(C)[C@H]1[C@@H]2C. The first-order valence-electron chi connectivity index (χ1n) is 13.1. The van der Waals surface area contributed by atoms with E-state index in [1.807, 2.05) is 0 Å². The standard InChI is InChI=1S/C27H40O4/c1-15-7-10-27(30-14-15)16(2)24-22(31-27)12-21-19-6-5-17-11-18(28)8-9-25(17,3)20(19)13-23(29)26(21,24)4/h15-17,19-22,24H,5-14H2,1-4H3/t15-,16+,17-,19-,20+,21+,22+,24+,25+,26-,27-/m1/s1. The van der Waals surface area contributed by atoms with Gasteiger partial charge in [0.05, 0.1) is 12.7 Å². The summed E-state index contributed by atoms with van der Waals surface area (Å²) >= 11 is 0. The Kier molecular flexibility index (Phi) is 4.47. The zero-order chi connectivity index (χ0) is 21.8. The van der Waals surface area contributed by atoms with Crippen LogP contribution in [0.1, 0.15) is 85.5 Å². The van der Waals surface area contributed by atoms with Crippen LogP contribution < -0.4 is 0 Å². The summed E-state index contributed by atoms with van der Waals surface area (Å²) in [6.45, 7) is 10.0. The molecule has 6 aliphatic rings. The molecule has 6 fully saturated rings. The van der Waals surface area contributed by atoms with E-state index < -0.39 is 5.79 Å². The molecule has 0 unspecified atom stereocenters. The van der Waals surface area contributed by atoms with Crippen LogP contribution in [0, 0.1) is 52.3 Å². The number of fused-ring (bicyclic) bond motifs is 7. The Hall–Kier alpha value is -0.740. The van der Waals surface area contributed by atoms with Crippen LogP contribution in [0.15, 0.2) is 0 Å². The lowest BCUT2D eigenvalue weighted by molar-refractivity contribution is -0.272. The molecule has 2 aliphatic heterocycles. The molecule has 1 spiro atoms. The fraction of sp³-hybridized carbons (Fsp3) is 0.926. The van der Waals surface area contributed by atoms with E-state index in [1.165, 1.54) is 12.8 Å².